The second-order valence-corrected chi connectivity index (χ2v) is 8.07. The van der Waals surface area contributed by atoms with Gasteiger partial charge in [0.05, 0.1) is 0 Å². The fourth-order valence-electron chi connectivity index (χ4n) is 3.13. The van der Waals surface area contributed by atoms with Crippen molar-refractivity contribution in [2.75, 3.05) is 25.4 Å². The summed E-state index contributed by atoms with van der Waals surface area (Å²) in [7, 11) is 0. The van der Waals surface area contributed by atoms with Crippen LogP contribution >= 0.6 is 11.8 Å². The molecular weight excluding hydrogens is 240 g/mol. The van der Waals surface area contributed by atoms with Gasteiger partial charge < -0.3 is 5.73 Å². The van der Waals surface area contributed by atoms with Gasteiger partial charge in [0.15, 0.2) is 0 Å². The number of nitrogens with zero attached hydrogens (tertiary/aromatic N) is 1. The van der Waals surface area contributed by atoms with Crippen LogP contribution in [0.1, 0.15) is 47.5 Å². The Morgan fingerprint density at radius 3 is 2.17 bits per heavy atom. The highest BCUT2D eigenvalue weighted by Gasteiger charge is 2.42. The summed E-state index contributed by atoms with van der Waals surface area (Å²) in [6, 6.07) is 0. The summed E-state index contributed by atoms with van der Waals surface area (Å²) >= 11 is 2.11. The van der Waals surface area contributed by atoms with Crippen LogP contribution in [0.15, 0.2) is 0 Å². The zero-order chi connectivity index (χ0) is 13.8. The molecule has 1 rings (SSSR count). The van der Waals surface area contributed by atoms with Crippen LogP contribution in [0.4, 0.5) is 0 Å². The molecule has 18 heavy (non-hydrogen) atoms. The van der Waals surface area contributed by atoms with E-state index in [1.165, 1.54) is 31.7 Å². The topological polar surface area (TPSA) is 29.3 Å². The normalized spacial score (nSPS) is 29.5. The molecule has 0 radical (unpaired) electrons. The third-order valence-electron chi connectivity index (χ3n) is 4.03. The molecule has 0 aliphatic carbocycles. The minimum absolute atomic E-state index is 0.234. The molecule has 0 saturated carbocycles. The minimum atomic E-state index is 0.234. The van der Waals surface area contributed by atoms with Crippen molar-refractivity contribution in [2.45, 2.75) is 58.2 Å². The van der Waals surface area contributed by atoms with Crippen LogP contribution in [0.25, 0.3) is 0 Å². The first kappa shape index (κ1) is 16.3. The first-order valence-electron chi connectivity index (χ1n) is 7.49. The second-order valence-electron chi connectivity index (χ2n) is 6.62. The number of nitrogens with two attached hydrogens (primary N) is 1. The van der Waals surface area contributed by atoms with Crippen LogP contribution in [-0.2, 0) is 0 Å². The van der Waals surface area contributed by atoms with Crippen LogP contribution in [0.2, 0.25) is 0 Å². The van der Waals surface area contributed by atoms with Crippen molar-refractivity contribution in [3.05, 3.63) is 0 Å². The van der Waals surface area contributed by atoms with E-state index in [4.69, 9.17) is 5.73 Å². The standard InChI is InChI=1S/C15H32N2S/c1-12(2)9-17(10-13(3)4)15(11-16)7-6-8-18-14(15)5/h12-14H,6-11,16H2,1-5H3. The van der Waals surface area contributed by atoms with Gasteiger partial charge in [0.1, 0.15) is 0 Å². The predicted molar refractivity (Wildman–Crippen MR) is 84.2 cm³/mol. The smallest absolute Gasteiger partial charge is 0.0447 e. The molecule has 3 heteroatoms. The molecule has 0 bridgehead atoms. The summed E-state index contributed by atoms with van der Waals surface area (Å²) < 4.78 is 0. The molecule has 0 aromatic heterocycles. The molecule has 0 amide bonds. The maximum atomic E-state index is 6.23. The van der Waals surface area contributed by atoms with Gasteiger partial charge in [-0.25, -0.2) is 0 Å². The molecule has 0 spiro atoms. The van der Waals surface area contributed by atoms with Crippen molar-refractivity contribution in [3.63, 3.8) is 0 Å². The number of hydrogen-bond donors (Lipinski definition) is 1. The molecule has 0 aromatic rings. The van der Waals surface area contributed by atoms with Crippen LogP contribution in [0.5, 0.6) is 0 Å². The van der Waals surface area contributed by atoms with Gasteiger partial charge in [-0.15, -0.1) is 0 Å². The lowest BCUT2D eigenvalue weighted by molar-refractivity contribution is 0.0578. The maximum Gasteiger partial charge on any atom is 0.0447 e. The Bertz CT molecular complexity index is 233. The van der Waals surface area contributed by atoms with E-state index >= 15 is 0 Å². The monoisotopic (exact) mass is 272 g/mol. The lowest BCUT2D eigenvalue weighted by Gasteiger charge is -2.51. The zero-order valence-electron chi connectivity index (χ0n) is 12.9. The Labute approximate surface area is 118 Å². The first-order valence-corrected chi connectivity index (χ1v) is 8.54. The highest BCUT2D eigenvalue weighted by Crippen LogP contribution is 2.38. The third-order valence-corrected chi connectivity index (χ3v) is 5.50. The van der Waals surface area contributed by atoms with Gasteiger partial charge in [0.25, 0.3) is 0 Å². The summed E-state index contributed by atoms with van der Waals surface area (Å²) in [6.07, 6.45) is 2.59. The predicted octanol–water partition coefficient (Wildman–Crippen LogP) is 3.21. The van der Waals surface area contributed by atoms with Crippen molar-refractivity contribution in [2.24, 2.45) is 17.6 Å². The van der Waals surface area contributed by atoms with Crippen molar-refractivity contribution in [1.29, 1.82) is 0 Å². The second kappa shape index (κ2) is 7.16. The summed E-state index contributed by atoms with van der Waals surface area (Å²) in [5.41, 5.74) is 6.46. The van der Waals surface area contributed by atoms with E-state index in [1.807, 2.05) is 0 Å². The number of rotatable bonds is 6. The molecule has 0 aromatic carbocycles. The van der Waals surface area contributed by atoms with Crippen molar-refractivity contribution >= 4 is 11.8 Å². The lowest BCUT2D eigenvalue weighted by atomic mass is 9.86. The molecule has 2 nitrogen and oxygen atoms in total. The van der Waals surface area contributed by atoms with Crippen LogP contribution in [0, 0.1) is 11.8 Å². The average molecular weight is 273 g/mol. The molecule has 2 unspecified atom stereocenters. The maximum absolute atomic E-state index is 6.23. The molecule has 1 heterocycles. The Kier molecular flexibility index (Phi) is 6.49. The van der Waals surface area contributed by atoms with Gasteiger partial charge in [0, 0.05) is 30.4 Å². The zero-order valence-corrected chi connectivity index (χ0v) is 13.7. The molecule has 108 valence electrons. The van der Waals surface area contributed by atoms with E-state index in [0.717, 1.165) is 6.54 Å². The SMILES string of the molecule is CC(C)CN(CC(C)C)C1(CN)CCCSC1C. The van der Waals surface area contributed by atoms with E-state index in [2.05, 4.69) is 51.3 Å². The summed E-state index contributed by atoms with van der Waals surface area (Å²) in [5.74, 6) is 2.73. The molecule has 1 aliphatic heterocycles. The van der Waals surface area contributed by atoms with Crippen LogP contribution < -0.4 is 5.73 Å². The highest BCUT2D eigenvalue weighted by molar-refractivity contribution is 8.00. The number of thioether (sulfide) groups is 1. The van der Waals surface area contributed by atoms with Crippen LogP contribution in [-0.4, -0.2) is 41.1 Å². The average Bonchev–Trinajstić information content (AvgIpc) is 2.28. The molecule has 1 aliphatic rings. The number of hydrogen-bond acceptors (Lipinski definition) is 3. The summed E-state index contributed by atoms with van der Waals surface area (Å²) in [5, 5.41) is 0.661. The fourth-order valence-corrected chi connectivity index (χ4v) is 4.47. The van der Waals surface area contributed by atoms with Gasteiger partial charge in [-0.3, -0.25) is 4.90 Å². The van der Waals surface area contributed by atoms with E-state index in [-0.39, 0.29) is 5.54 Å². The van der Waals surface area contributed by atoms with Crippen molar-refractivity contribution in [3.8, 4) is 0 Å². The fraction of sp³-hybridized carbons (Fsp3) is 1.00. The van der Waals surface area contributed by atoms with E-state index in [9.17, 15) is 0 Å². The third kappa shape index (κ3) is 3.88. The lowest BCUT2D eigenvalue weighted by Crippen LogP contribution is -2.62. The molecular formula is C15H32N2S. The van der Waals surface area contributed by atoms with Gasteiger partial charge in [-0.2, -0.15) is 11.8 Å². The molecule has 1 fully saturated rings. The Morgan fingerprint density at radius 1 is 1.22 bits per heavy atom. The largest absolute Gasteiger partial charge is 0.329 e. The Morgan fingerprint density at radius 2 is 1.78 bits per heavy atom. The van der Waals surface area contributed by atoms with Crippen molar-refractivity contribution < 1.29 is 0 Å². The minimum Gasteiger partial charge on any atom is -0.329 e. The van der Waals surface area contributed by atoms with Crippen LogP contribution in [0.3, 0.4) is 0 Å². The highest BCUT2D eigenvalue weighted by atomic mass is 32.2. The van der Waals surface area contributed by atoms with Gasteiger partial charge in [-0.05, 0) is 30.4 Å². The van der Waals surface area contributed by atoms with Gasteiger partial charge in [0.2, 0.25) is 0 Å². The van der Waals surface area contributed by atoms with E-state index < -0.39 is 0 Å². The van der Waals surface area contributed by atoms with E-state index in [0.29, 0.717) is 17.1 Å². The van der Waals surface area contributed by atoms with Gasteiger partial charge >= 0.3 is 0 Å². The van der Waals surface area contributed by atoms with E-state index in [1.54, 1.807) is 0 Å². The summed E-state index contributed by atoms with van der Waals surface area (Å²) in [4.78, 5) is 2.71. The Hall–Kier alpha value is 0.270. The quantitative estimate of drug-likeness (QED) is 0.805. The van der Waals surface area contributed by atoms with Gasteiger partial charge in [-0.1, -0.05) is 34.6 Å². The molecule has 1 saturated heterocycles. The molecule has 2 N–H and O–H groups in total. The molecule has 2 atom stereocenters. The van der Waals surface area contributed by atoms with Crippen molar-refractivity contribution in [1.82, 2.24) is 4.90 Å². The Balaban J connectivity index is 2.89. The summed E-state index contributed by atoms with van der Waals surface area (Å²) in [6.45, 7) is 14.8. The first-order chi connectivity index (χ1) is 8.42.